The summed E-state index contributed by atoms with van der Waals surface area (Å²) < 4.78 is 0.816. The summed E-state index contributed by atoms with van der Waals surface area (Å²) in [5, 5.41) is 6.12. The first kappa shape index (κ1) is 12.3. The van der Waals surface area contributed by atoms with Crippen LogP contribution in [0.4, 0.5) is 5.95 Å². The van der Waals surface area contributed by atoms with Gasteiger partial charge < -0.3 is 15.5 Å². The third-order valence-electron chi connectivity index (χ3n) is 2.49. The number of hydrogen-bond donors (Lipinski definition) is 2. The number of aromatic nitrogens is 2. The third kappa shape index (κ3) is 3.64. The highest BCUT2D eigenvalue weighted by molar-refractivity contribution is 9.10. The topological polar surface area (TPSA) is 70.2 Å². The Morgan fingerprint density at radius 1 is 1.41 bits per heavy atom. The van der Waals surface area contributed by atoms with Crippen LogP contribution in [0.1, 0.15) is 0 Å². The number of anilines is 1. The van der Waals surface area contributed by atoms with Crippen LogP contribution >= 0.6 is 15.9 Å². The van der Waals surface area contributed by atoms with Gasteiger partial charge in [0.05, 0.1) is 11.0 Å². The number of halogens is 1. The second kappa shape index (κ2) is 5.92. The van der Waals surface area contributed by atoms with Crippen LogP contribution in [-0.4, -0.2) is 53.5 Å². The van der Waals surface area contributed by atoms with Gasteiger partial charge in [-0.05, 0) is 15.9 Å². The van der Waals surface area contributed by atoms with Gasteiger partial charge in [0.25, 0.3) is 0 Å². The van der Waals surface area contributed by atoms with E-state index < -0.39 is 0 Å². The molecule has 2 heterocycles. The van der Waals surface area contributed by atoms with Gasteiger partial charge in [0.2, 0.25) is 11.9 Å². The molecular weight excluding hydrogens is 286 g/mol. The van der Waals surface area contributed by atoms with E-state index in [1.54, 1.807) is 12.4 Å². The zero-order valence-corrected chi connectivity index (χ0v) is 10.9. The van der Waals surface area contributed by atoms with E-state index in [4.69, 9.17) is 0 Å². The predicted octanol–water partition coefficient (Wildman–Crippen LogP) is 0.0828. The first-order chi connectivity index (χ1) is 8.25. The zero-order valence-electron chi connectivity index (χ0n) is 9.32. The van der Waals surface area contributed by atoms with Gasteiger partial charge in [-0.1, -0.05) is 0 Å². The Labute approximate surface area is 108 Å². The highest BCUT2D eigenvalue weighted by atomic mass is 79.9. The molecule has 0 radical (unpaired) electrons. The van der Waals surface area contributed by atoms with Crippen molar-refractivity contribution in [3.63, 3.8) is 0 Å². The molecule has 1 aromatic heterocycles. The molecule has 2 rings (SSSR count). The Morgan fingerprint density at radius 3 is 2.71 bits per heavy atom. The second-order valence-electron chi connectivity index (χ2n) is 3.71. The lowest BCUT2D eigenvalue weighted by Gasteiger charge is -2.27. The fraction of sp³-hybridized carbons (Fsp3) is 0.500. The van der Waals surface area contributed by atoms with Crippen LogP contribution < -0.4 is 10.6 Å². The number of carbonyl (C=O) groups is 1. The van der Waals surface area contributed by atoms with E-state index in [-0.39, 0.29) is 12.5 Å². The summed E-state index contributed by atoms with van der Waals surface area (Å²) in [5.74, 6) is 0.551. The summed E-state index contributed by atoms with van der Waals surface area (Å²) in [6.07, 6.45) is 3.29. The van der Waals surface area contributed by atoms with Crippen molar-refractivity contribution in [1.29, 1.82) is 0 Å². The van der Waals surface area contributed by atoms with Crippen LogP contribution in [-0.2, 0) is 4.79 Å². The van der Waals surface area contributed by atoms with Crippen molar-refractivity contribution in [3.8, 4) is 0 Å². The van der Waals surface area contributed by atoms with Crippen molar-refractivity contribution >= 4 is 27.8 Å². The molecule has 1 amide bonds. The molecule has 0 aliphatic carbocycles. The molecule has 0 unspecified atom stereocenters. The maximum absolute atomic E-state index is 11.8. The van der Waals surface area contributed by atoms with Crippen molar-refractivity contribution < 1.29 is 4.79 Å². The minimum Gasteiger partial charge on any atom is -0.345 e. The van der Waals surface area contributed by atoms with Gasteiger partial charge in [0.1, 0.15) is 0 Å². The molecule has 92 valence electrons. The fourth-order valence-electron chi connectivity index (χ4n) is 1.58. The molecule has 0 spiro atoms. The number of carbonyl (C=O) groups excluding carboxylic acids is 1. The van der Waals surface area contributed by atoms with Gasteiger partial charge in [0, 0.05) is 38.6 Å². The number of amides is 1. The van der Waals surface area contributed by atoms with Crippen molar-refractivity contribution in [3.05, 3.63) is 16.9 Å². The van der Waals surface area contributed by atoms with E-state index >= 15 is 0 Å². The molecule has 6 nitrogen and oxygen atoms in total. The minimum atomic E-state index is 0.0815. The average molecular weight is 300 g/mol. The van der Waals surface area contributed by atoms with Crippen LogP contribution in [0, 0.1) is 0 Å². The molecule has 2 N–H and O–H groups in total. The summed E-state index contributed by atoms with van der Waals surface area (Å²) in [7, 11) is 0. The fourth-order valence-corrected chi connectivity index (χ4v) is 1.79. The van der Waals surface area contributed by atoms with E-state index in [0.717, 1.165) is 30.7 Å². The normalized spacial score (nSPS) is 15.7. The maximum atomic E-state index is 11.8. The molecule has 17 heavy (non-hydrogen) atoms. The molecule has 0 aromatic carbocycles. The lowest BCUT2D eigenvalue weighted by molar-refractivity contribution is -0.129. The highest BCUT2D eigenvalue weighted by Crippen LogP contribution is 2.06. The van der Waals surface area contributed by atoms with Crippen LogP contribution in [0.3, 0.4) is 0 Å². The monoisotopic (exact) mass is 299 g/mol. The molecule has 1 aliphatic heterocycles. The van der Waals surface area contributed by atoms with Gasteiger partial charge in [-0.25, -0.2) is 9.97 Å². The maximum Gasteiger partial charge on any atom is 0.242 e. The molecule has 0 bridgehead atoms. The number of nitrogens with zero attached hydrogens (tertiary/aromatic N) is 3. The molecule has 0 saturated carbocycles. The Bertz CT molecular complexity index is 377. The van der Waals surface area contributed by atoms with Crippen LogP contribution in [0.2, 0.25) is 0 Å². The van der Waals surface area contributed by atoms with E-state index in [1.165, 1.54) is 0 Å². The number of rotatable bonds is 3. The molecule has 7 heteroatoms. The number of hydrogen-bond acceptors (Lipinski definition) is 5. The standard InChI is InChI=1S/C10H14BrN5O/c11-8-5-13-10(14-6-8)15-7-9(17)16-3-1-12-2-4-16/h5-6,12H,1-4,7H2,(H,13,14,15). The first-order valence-corrected chi connectivity index (χ1v) is 6.25. The van der Waals surface area contributed by atoms with E-state index in [1.807, 2.05) is 4.90 Å². The molecule has 1 aliphatic rings. The molecule has 1 aromatic rings. The van der Waals surface area contributed by atoms with Crippen LogP contribution in [0.15, 0.2) is 16.9 Å². The molecule has 1 saturated heterocycles. The summed E-state index contributed by atoms with van der Waals surface area (Å²) in [4.78, 5) is 21.7. The SMILES string of the molecule is O=C(CNc1ncc(Br)cn1)N1CCNCC1. The smallest absolute Gasteiger partial charge is 0.242 e. The average Bonchev–Trinajstić information content (AvgIpc) is 2.39. The van der Waals surface area contributed by atoms with Crippen molar-refractivity contribution in [2.45, 2.75) is 0 Å². The number of piperazine rings is 1. The van der Waals surface area contributed by atoms with Gasteiger partial charge in [-0.3, -0.25) is 4.79 Å². The lowest BCUT2D eigenvalue weighted by atomic mass is 10.3. The quantitative estimate of drug-likeness (QED) is 0.827. The minimum absolute atomic E-state index is 0.0815. The van der Waals surface area contributed by atoms with Crippen molar-refractivity contribution in [1.82, 2.24) is 20.2 Å². The van der Waals surface area contributed by atoms with Crippen LogP contribution in [0.25, 0.3) is 0 Å². The summed E-state index contributed by atoms with van der Waals surface area (Å²) in [6, 6.07) is 0. The molecular formula is C10H14BrN5O. The Kier molecular flexibility index (Phi) is 4.27. The van der Waals surface area contributed by atoms with Crippen LogP contribution in [0.5, 0.6) is 0 Å². The van der Waals surface area contributed by atoms with Gasteiger partial charge in [0.15, 0.2) is 0 Å². The second-order valence-corrected chi connectivity index (χ2v) is 4.62. The number of nitrogens with one attached hydrogen (secondary N) is 2. The lowest BCUT2D eigenvalue weighted by Crippen LogP contribution is -2.48. The summed E-state index contributed by atoms with van der Waals surface area (Å²) >= 11 is 3.25. The Morgan fingerprint density at radius 2 is 2.06 bits per heavy atom. The molecule has 0 atom stereocenters. The Hall–Kier alpha value is -1.21. The molecule has 1 fully saturated rings. The summed E-state index contributed by atoms with van der Waals surface area (Å²) in [6.45, 7) is 3.49. The van der Waals surface area contributed by atoms with Gasteiger partial charge in [-0.2, -0.15) is 0 Å². The van der Waals surface area contributed by atoms with Gasteiger partial charge >= 0.3 is 0 Å². The predicted molar refractivity (Wildman–Crippen MR) is 67.7 cm³/mol. The van der Waals surface area contributed by atoms with Crippen molar-refractivity contribution in [2.24, 2.45) is 0 Å². The van der Waals surface area contributed by atoms with E-state index in [9.17, 15) is 4.79 Å². The van der Waals surface area contributed by atoms with Gasteiger partial charge in [-0.15, -0.1) is 0 Å². The first-order valence-electron chi connectivity index (χ1n) is 5.45. The largest absolute Gasteiger partial charge is 0.345 e. The van der Waals surface area contributed by atoms with E-state index in [0.29, 0.717) is 5.95 Å². The summed E-state index contributed by atoms with van der Waals surface area (Å²) in [5.41, 5.74) is 0. The Balaban J connectivity index is 1.81. The zero-order chi connectivity index (χ0) is 12.1. The third-order valence-corrected chi connectivity index (χ3v) is 2.90. The highest BCUT2D eigenvalue weighted by Gasteiger charge is 2.15. The van der Waals surface area contributed by atoms with E-state index in [2.05, 4.69) is 36.5 Å². The van der Waals surface area contributed by atoms with Crippen molar-refractivity contribution in [2.75, 3.05) is 38.0 Å².